The molecule has 0 aliphatic carbocycles. The Labute approximate surface area is 125 Å². The van der Waals surface area contributed by atoms with Crippen LogP contribution in [0.2, 0.25) is 10.0 Å². The van der Waals surface area contributed by atoms with E-state index in [1.807, 2.05) is 23.7 Å². The molecule has 8 heteroatoms. The molecule has 0 atom stereocenters. The van der Waals surface area contributed by atoms with Crippen molar-refractivity contribution >= 4 is 23.2 Å². The second-order valence-electron chi connectivity index (χ2n) is 4.26. The zero-order valence-electron chi connectivity index (χ0n) is 10.5. The highest BCUT2D eigenvalue weighted by atomic mass is 35.5. The number of imidazole rings is 1. The Bertz CT molecular complexity index is 748. The van der Waals surface area contributed by atoms with Gasteiger partial charge in [0, 0.05) is 12.6 Å². The van der Waals surface area contributed by atoms with Crippen LogP contribution in [0.15, 0.2) is 30.7 Å². The first-order valence-electron chi connectivity index (χ1n) is 5.82. The van der Waals surface area contributed by atoms with Gasteiger partial charge in [0.1, 0.15) is 0 Å². The van der Waals surface area contributed by atoms with Crippen LogP contribution in [0, 0.1) is 0 Å². The normalized spacial score (nSPS) is 10.9. The van der Waals surface area contributed by atoms with Crippen LogP contribution in [0.1, 0.15) is 5.69 Å². The third kappa shape index (κ3) is 2.28. The molecule has 0 radical (unpaired) electrons. The molecule has 0 unspecified atom stereocenters. The number of hydrogen-bond donors (Lipinski definition) is 0. The minimum Gasteiger partial charge on any atom is -0.336 e. The van der Waals surface area contributed by atoms with Crippen LogP contribution in [0.5, 0.6) is 0 Å². The highest BCUT2D eigenvalue weighted by Gasteiger charge is 2.15. The molecule has 0 fully saturated rings. The Hall–Kier alpha value is -1.92. The molecule has 0 spiro atoms. The van der Waals surface area contributed by atoms with Gasteiger partial charge in [-0.05, 0) is 22.6 Å². The van der Waals surface area contributed by atoms with Gasteiger partial charge in [-0.3, -0.25) is 0 Å². The predicted octanol–water partition coefficient (Wildman–Crippen LogP) is 2.43. The monoisotopic (exact) mass is 308 g/mol. The van der Waals surface area contributed by atoms with E-state index < -0.39 is 0 Å². The van der Waals surface area contributed by atoms with Gasteiger partial charge in [0.15, 0.2) is 5.82 Å². The van der Waals surface area contributed by atoms with Gasteiger partial charge in [-0.25, -0.2) is 9.67 Å². The lowest BCUT2D eigenvalue weighted by Gasteiger charge is -2.07. The molecule has 0 aliphatic heterocycles. The zero-order chi connectivity index (χ0) is 14.1. The summed E-state index contributed by atoms with van der Waals surface area (Å²) in [5.74, 6) is 0.568. The molecule has 20 heavy (non-hydrogen) atoms. The molecule has 0 N–H and O–H groups in total. The molecule has 0 saturated carbocycles. The molecule has 2 aromatic heterocycles. The first kappa shape index (κ1) is 13.1. The molecule has 2 heterocycles. The minimum absolute atomic E-state index is 0.440. The Balaban J connectivity index is 2.02. The maximum atomic E-state index is 6.21. The Kier molecular flexibility index (Phi) is 3.42. The number of aromatic nitrogens is 6. The number of nitrogens with zero attached hydrogens (tertiary/aromatic N) is 6. The van der Waals surface area contributed by atoms with Crippen LogP contribution in [0.25, 0.3) is 11.4 Å². The Morgan fingerprint density at radius 1 is 1.25 bits per heavy atom. The van der Waals surface area contributed by atoms with Crippen molar-refractivity contribution in [3.8, 4) is 11.4 Å². The second kappa shape index (κ2) is 5.22. The number of halogens is 2. The van der Waals surface area contributed by atoms with E-state index in [0.29, 0.717) is 28.0 Å². The third-order valence-corrected chi connectivity index (χ3v) is 3.77. The fourth-order valence-corrected chi connectivity index (χ4v) is 2.26. The van der Waals surface area contributed by atoms with E-state index in [-0.39, 0.29) is 0 Å². The molecule has 1 aromatic carbocycles. The molecule has 6 nitrogen and oxygen atoms in total. The van der Waals surface area contributed by atoms with Crippen molar-refractivity contribution in [2.75, 3.05) is 0 Å². The van der Waals surface area contributed by atoms with Crippen molar-refractivity contribution < 1.29 is 0 Å². The van der Waals surface area contributed by atoms with E-state index in [1.165, 1.54) is 0 Å². The van der Waals surface area contributed by atoms with E-state index in [9.17, 15) is 0 Å². The number of rotatable bonds is 3. The summed E-state index contributed by atoms with van der Waals surface area (Å²) in [5.41, 5.74) is 1.68. The van der Waals surface area contributed by atoms with Gasteiger partial charge in [-0.2, -0.15) is 0 Å². The van der Waals surface area contributed by atoms with Crippen LogP contribution < -0.4 is 0 Å². The minimum atomic E-state index is 0.440. The molecular formula is C12H10Cl2N6. The topological polar surface area (TPSA) is 61.4 Å². The number of hydrogen-bond acceptors (Lipinski definition) is 4. The van der Waals surface area contributed by atoms with Crippen LogP contribution in [-0.2, 0) is 13.6 Å². The van der Waals surface area contributed by atoms with Gasteiger partial charge in [0.05, 0.1) is 34.8 Å². The molecule has 102 valence electrons. The lowest BCUT2D eigenvalue weighted by atomic mass is 10.2. The van der Waals surface area contributed by atoms with Gasteiger partial charge < -0.3 is 4.57 Å². The average Bonchev–Trinajstić information content (AvgIpc) is 3.04. The van der Waals surface area contributed by atoms with E-state index in [1.54, 1.807) is 23.3 Å². The van der Waals surface area contributed by atoms with Crippen molar-refractivity contribution in [2.45, 2.75) is 6.54 Å². The molecule has 0 saturated heterocycles. The van der Waals surface area contributed by atoms with Gasteiger partial charge >= 0.3 is 0 Å². The van der Waals surface area contributed by atoms with Crippen LogP contribution in [-0.4, -0.2) is 29.8 Å². The highest BCUT2D eigenvalue weighted by Crippen LogP contribution is 2.32. The fourth-order valence-electron chi connectivity index (χ4n) is 1.87. The quantitative estimate of drug-likeness (QED) is 0.745. The van der Waals surface area contributed by atoms with Crippen molar-refractivity contribution in [1.82, 2.24) is 29.8 Å². The first-order valence-corrected chi connectivity index (χ1v) is 6.58. The number of tetrazole rings is 1. The molecule has 0 amide bonds. The summed E-state index contributed by atoms with van der Waals surface area (Å²) in [5, 5.41) is 12.6. The van der Waals surface area contributed by atoms with Crippen LogP contribution in [0.4, 0.5) is 0 Å². The van der Waals surface area contributed by atoms with Crippen LogP contribution >= 0.6 is 23.2 Å². The highest BCUT2D eigenvalue weighted by molar-refractivity contribution is 6.43. The van der Waals surface area contributed by atoms with Gasteiger partial charge in [-0.15, -0.1) is 5.10 Å². The van der Waals surface area contributed by atoms with E-state index in [2.05, 4.69) is 20.5 Å². The molecular weight excluding hydrogens is 299 g/mol. The summed E-state index contributed by atoms with van der Waals surface area (Å²) < 4.78 is 3.57. The van der Waals surface area contributed by atoms with Crippen molar-refractivity contribution in [3.05, 3.63) is 46.5 Å². The summed E-state index contributed by atoms with van der Waals surface area (Å²) in [6.45, 7) is 0.502. The maximum Gasteiger partial charge on any atom is 0.183 e. The molecule has 0 bridgehead atoms. The lowest BCUT2D eigenvalue weighted by molar-refractivity contribution is 0.624. The standard InChI is InChI=1S/C12H10Cl2N6/c1-19-7-15-5-8(19)6-20-12(16-17-18-20)9-3-2-4-10(13)11(9)14/h2-5,7H,6H2,1H3. The van der Waals surface area contributed by atoms with Crippen molar-refractivity contribution in [1.29, 1.82) is 0 Å². The Morgan fingerprint density at radius 3 is 2.85 bits per heavy atom. The summed E-state index contributed by atoms with van der Waals surface area (Å²) >= 11 is 12.2. The Morgan fingerprint density at radius 2 is 2.10 bits per heavy atom. The summed E-state index contributed by atoms with van der Waals surface area (Å²) in [6.07, 6.45) is 3.50. The van der Waals surface area contributed by atoms with Crippen molar-refractivity contribution in [2.24, 2.45) is 7.05 Å². The zero-order valence-corrected chi connectivity index (χ0v) is 12.0. The second-order valence-corrected chi connectivity index (χ2v) is 5.04. The van der Waals surface area contributed by atoms with Gasteiger partial charge in [0.25, 0.3) is 0 Å². The number of benzene rings is 1. The largest absolute Gasteiger partial charge is 0.336 e. The van der Waals surface area contributed by atoms with Crippen molar-refractivity contribution in [3.63, 3.8) is 0 Å². The molecule has 3 aromatic rings. The van der Waals surface area contributed by atoms with Gasteiger partial charge in [-0.1, -0.05) is 29.3 Å². The molecule has 0 aliphatic rings. The molecule has 3 rings (SSSR count). The van der Waals surface area contributed by atoms with E-state index in [4.69, 9.17) is 23.2 Å². The van der Waals surface area contributed by atoms with Gasteiger partial charge in [0.2, 0.25) is 0 Å². The third-order valence-electron chi connectivity index (χ3n) is 2.95. The summed E-state index contributed by atoms with van der Waals surface area (Å²) in [4.78, 5) is 4.07. The smallest absolute Gasteiger partial charge is 0.183 e. The summed E-state index contributed by atoms with van der Waals surface area (Å²) in [7, 11) is 1.92. The van der Waals surface area contributed by atoms with E-state index >= 15 is 0 Å². The maximum absolute atomic E-state index is 6.21. The van der Waals surface area contributed by atoms with Crippen LogP contribution in [0.3, 0.4) is 0 Å². The van der Waals surface area contributed by atoms with E-state index in [0.717, 1.165) is 5.69 Å². The average molecular weight is 309 g/mol. The number of aryl methyl sites for hydroxylation is 1. The SMILES string of the molecule is Cn1cncc1Cn1nnnc1-c1cccc(Cl)c1Cl. The predicted molar refractivity (Wildman–Crippen MR) is 75.6 cm³/mol. The lowest BCUT2D eigenvalue weighted by Crippen LogP contribution is -2.07. The first-order chi connectivity index (χ1) is 9.66. The summed E-state index contributed by atoms with van der Waals surface area (Å²) in [6, 6.07) is 5.37. The fraction of sp³-hybridized carbons (Fsp3) is 0.167.